The first kappa shape index (κ1) is 25.3. The molecule has 5 aromatic rings. The van der Waals surface area contributed by atoms with Gasteiger partial charge in [0.05, 0.1) is 15.9 Å². The summed E-state index contributed by atoms with van der Waals surface area (Å²) in [6.07, 6.45) is 2.02. The summed E-state index contributed by atoms with van der Waals surface area (Å²) in [7, 11) is 0.0124. The average molecular weight is 532 g/mol. The Kier molecular flexibility index (Phi) is 6.79. The van der Waals surface area contributed by atoms with Gasteiger partial charge in [0.25, 0.3) is 0 Å². The Balaban J connectivity index is 1.36. The molecule has 11 heteroatoms. The average Bonchev–Trinajstić information content (AvgIpc) is 3.22. The highest BCUT2D eigenvalue weighted by atomic mass is 32.2. The lowest BCUT2D eigenvalue weighted by Crippen LogP contribution is -2.13. The molecule has 9 nitrogen and oxygen atoms in total. The summed E-state index contributed by atoms with van der Waals surface area (Å²) >= 11 is 0. The number of anilines is 3. The number of halogens is 1. The standard InChI is InChI=1S/C27H26FN7O2S/c1-34(26-12-13-30-25(33-26)15-18-6-5-8-21(14-18)38(29,36)37)20-10-11-24-23(16-20)32-27(35(24)2)31-17-19-7-3-4-9-22(19)28/h3-14,16H,15,17H2,1-2H3,(H,31,32)(H2,29,36,37). The molecule has 0 atom stereocenters. The number of hydrogen-bond acceptors (Lipinski definition) is 7. The molecule has 0 radical (unpaired) electrons. The van der Waals surface area contributed by atoms with Gasteiger partial charge in [-0.2, -0.15) is 0 Å². The van der Waals surface area contributed by atoms with E-state index in [9.17, 15) is 12.8 Å². The van der Waals surface area contributed by atoms with Crippen molar-refractivity contribution in [3.8, 4) is 0 Å². The quantitative estimate of drug-likeness (QED) is 0.309. The van der Waals surface area contributed by atoms with Crippen molar-refractivity contribution in [1.82, 2.24) is 19.5 Å². The Morgan fingerprint density at radius 1 is 1.03 bits per heavy atom. The van der Waals surface area contributed by atoms with Crippen molar-refractivity contribution >= 4 is 38.5 Å². The number of primary sulfonamides is 1. The maximum Gasteiger partial charge on any atom is 0.238 e. The molecule has 38 heavy (non-hydrogen) atoms. The summed E-state index contributed by atoms with van der Waals surface area (Å²) in [5, 5.41) is 8.47. The second-order valence-corrected chi connectivity index (χ2v) is 10.4. The lowest BCUT2D eigenvalue weighted by molar-refractivity contribution is 0.597. The van der Waals surface area contributed by atoms with Crippen LogP contribution in [0.15, 0.2) is 83.9 Å². The zero-order valence-corrected chi connectivity index (χ0v) is 21.7. The molecule has 0 aliphatic carbocycles. The second kappa shape index (κ2) is 10.2. The molecule has 2 heterocycles. The van der Waals surface area contributed by atoms with Gasteiger partial charge in [-0.15, -0.1) is 0 Å². The number of imidazole rings is 1. The van der Waals surface area contributed by atoms with Crippen LogP contribution in [0.5, 0.6) is 0 Å². The van der Waals surface area contributed by atoms with E-state index >= 15 is 0 Å². The first-order valence-corrected chi connectivity index (χ1v) is 13.3. The molecule has 0 bridgehead atoms. The molecule has 194 valence electrons. The van der Waals surface area contributed by atoms with Gasteiger partial charge in [0.1, 0.15) is 17.5 Å². The highest BCUT2D eigenvalue weighted by Gasteiger charge is 2.14. The number of fused-ring (bicyclic) bond motifs is 1. The number of sulfonamides is 1. The van der Waals surface area contributed by atoms with Crippen molar-refractivity contribution in [3.63, 3.8) is 0 Å². The fraction of sp³-hybridized carbons (Fsp3) is 0.148. The van der Waals surface area contributed by atoms with E-state index in [2.05, 4.69) is 15.3 Å². The van der Waals surface area contributed by atoms with Crippen LogP contribution in [-0.4, -0.2) is 35.0 Å². The number of aryl methyl sites for hydroxylation is 1. The predicted molar refractivity (Wildman–Crippen MR) is 145 cm³/mol. The van der Waals surface area contributed by atoms with Gasteiger partial charge < -0.3 is 14.8 Å². The van der Waals surface area contributed by atoms with Crippen molar-refractivity contribution < 1.29 is 12.8 Å². The Morgan fingerprint density at radius 2 is 1.84 bits per heavy atom. The molecule has 0 spiro atoms. The van der Waals surface area contributed by atoms with Gasteiger partial charge in [-0.1, -0.05) is 30.3 Å². The van der Waals surface area contributed by atoms with Crippen molar-refractivity contribution in [3.05, 3.63) is 102 Å². The van der Waals surface area contributed by atoms with Crippen LogP contribution >= 0.6 is 0 Å². The fourth-order valence-corrected chi connectivity index (χ4v) is 4.76. The normalized spacial score (nSPS) is 11.6. The Bertz CT molecular complexity index is 1740. The predicted octanol–water partition coefficient (Wildman–Crippen LogP) is 4.12. The Morgan fingerprint density at radius 3 is 2.63 bits per heavy atom. The van der Waals surface area contributed by atoms with E-state index in [0.717, 1.165) is 22.3 Å². The summed E-state index contributed by atoms with van der Waals surface area (Å²) in [5.74, 6) is 1.59. The lowest BCUT2D eigenvalue weighted by atomic mass is 10.1. The number of nitrogens with two attached hydrogens (primary N) is 1. The molecule has 0 aliphatic rings. The zero-order valence-electron chi connectivity index (χ0n) is 20.8. The number of aromatic nitrogens is 4. The molecule has 0 aliphatic heterocycles. The van der Waals surface area contributed by atoms with Crippen LogP contribution in [0.2, 0.25) is 0 Å². The van der Waals surface area contributed by atoms with Crippen LogP contribution < -0.4 is 15.4 Å². The smallest absolute Gasteiger partial charge is 0.238 e. The molecular formula is C27H26FN7O2S. The summed E-state index contributed by atoms with van der Waals surface area (Å²) in [5.41, 5.74) is 3.88. The monoisotopic (exact) mass is 531 g/mol. The van der Waals surface area contributed by atoms with E-state index in [4.69, 9.17) is 10.1 Å². The van der Waals surface area contributed by atoms with Crippen LogP contribution in [0.25, 0.3) is 11.0 Å². The summed E-state index contributed by atoms with van der Waals surface area (Å²) in [6.45, 7) is 0.320. The van der Waals surface area contributed by atoms with E-state index < -0.39 is 10.0 Å². The van der Waals surface area contributed by atoms with Crippen LogP contribution in [0.4, 0.5) is 21.8 Å². The molecule has 5 rings (SSSR count). The minimum Gasteiger partial charge on any atom is -0.351 e. The number of nitrogens with one attached hydrogen (secondary N) is 1. The number of nitrogens with zero attached hydrogens (tertiary/aromatic N) is 5. The summed E-state index contributed by atoms with van der Waals surface area (Å²) < 4.78 is 39.3. The van der Waals surface area contributed by atoms with Crippen molar-refractivity contribution in [2.45, 2.75) is 17.9 Å². The van der Waals surface area contributed by atoms with Crippen LogP contribution in [0.3, 0.4) is 0 Å². The third-order valence-corrected chi connectivity index (χ3v) is 7.18. The highest BCUT2D eigenvalue weighted by Crippen LogP contribution is 2.28. The van der Waals surface area contributed by atoms with E-state index in [1.807, 2.05) is 41.8 Å². The number of hydrogen-bond donors (Lipinski definition) is 2. The molecule has 3 aromatic carbocycles. The number of benzene rings is 3. The SMILES string of the molecule is CN(c1ccc2c(c1)nc(NCc1ccccc1F)n2C)c1ccnc(Cc2cccc(S(N)(=O)=O)c2)n1. The second-order valence-electron chi connectivity index (χ2n) is 8.87. The van der Waals surface area contributed by atoms with Crippen molar-refractivity contribution in [2.75, 3.05) is 17.3 Å². The third-order valence-electron chi connectivity index (χ3n) is 6.27. The van der Waals surface area contributed by atoms with Crippen LogP contribution in [0, 0.1) is 5.82 Å². The minimum atomic E-state index is -3.79. The Hall–Kier alpha value is -4.35. The van der Waals surface area contributed by atoms with Gasteiger partial charge in [0.2, 0.25) is 16.0 Å². The number of rotatable bonds is 8. The molecule has 0 amide bonds. The van der Waals surface area contributed by atoms with E-state index in [1.165, 1.54) is 18.2 Å². The first-order valence-electron chi connectivity index (χ1n) is 11.8. The minimum absolute atomic E-state index is 0.0506. The third kappa shape index (κ3) is 5.34. The van der Waals surface area contributed by atoms with Gasteiger partial charge in [0, 0.05) is 44.5 Å². The van der Waals surface area contributed by atoms with Crippen molar-refractivity contribution in [2.24, 2.45) is 12.2 Å². The van der Waals surface area contributed by atoms with E-state index in [-0.39, 0.29) is 10.7 Å². The molecular weight excluding hydrogens is 505 g/mol. The van der Waals surface area contributed by atoms with Gasteiger partial charge in [-0.3, -0.25) is 0 Å². The van der Waals surface area contributed by atoms with Crippen LogP contribution in [0.1, 0.15) is 17.0 Å². The maximum atomic E-state index is 14.0. The van der Waals surface area contributed by atoms with Gasteiger partial charge in [-0.05, 0) is 48.0 Å². The zero-order chi connectivity index (χ0) is 26.9. The molecule has 0 unspecified atom stereocenters. The fourth-order valence-electron chi connectivity index (χ4n) is 4.18. The van der Waals surface area contributed by atoms with Gasteiger partial charge in [-0.25, -0.2) is 32.9 Å². The maximum absolute atomic E-state index is 14.0. The highest BCUT2D eigenvalue weighted by molar-refractivity contribution is 7.89. The summed E-state index contributed by atoms with van der Waals surface area (Å²) in [6, 6.07) is 20.8. The van der Waals surface area contributed by atoms with E-state index in [0.29, 0.717) is 36.1 Å². The molecule has 3 N–H and O–H groups in total. The molecule has 0 saturated heterocycles. The molecule has 0 saturated carbocycles. The summed E-state index contributed by atoms with van der Waals surface area (Å²) in [4.78, 5) is 15.7. The van der Waals surface area contributed by atoms with Gasteiger partial charge in [0.15, 0.2) is 0 Å². The molecule has 0 fully saturated rings. The molecule has 2 aromatic heterocycles. The lowest BCUT2D eigenvalue weighted by Gasteiger charge is -2.18. The largest absolute Gasteiger partial charge is 0.351 e. The van der Waals surface area contributed by atoms with Crippen molar-refractivity contribution in [1.29, 1.82) is 0 Å². The van der Waals surface area contributed by atoms with E-state index in [1.54, 1.807) is 42.6 Å². The van der Waals surface area contributed by atoms with Gasteiger partial charge >= 0.3 is 0 Å². The van der Waals surface area contributed by atoms with Crippen LogP contribution in [-0.2, 0) is 30.0 Å². The Labute approximate surface area is 219 Å². The first-order chi connectivity index (χ1) is 18.2. The topological polar surface area (TPSA) is 119 Å².